The highest BCUT2D eigenvalue weighted by Gasteiger charge is 2.18. The maximum absolute atomic E-state index is 11.4. The minimum absolute atomic E-state index is 0.384. The zero-order valence-electron chi connectivity index (χ0n) is 14.5. The SMILES string of the molecule is CC(C)(C)OC(=O)NCCCCC(O)NC(=O)OC(C)(C)C. The van der Waals surface area contributed by atoms with Gasteiger partial charge < -0.3 is 19.9 Å². The Morgan fingerprint density at radius 1 is 0.955 bits per heavy atom. The maximum atomic E-state index is 11.4. The molecule has 7 heteroatoms. The van der Waals surface area contributed by atoms with Gasteiger partial charge in [0, 0.05) is 6.54 Å². The Balaban J connectivity index is 3.71. The number of alkyl carbamates (subject to hydrolysis) is 2. The van der Waals surface area contributed by atoms with Gasteiger partial charge in [-0.1, -0.05) is 0 Å². The Hall–Kier alpha value is -1.50. The first-order valence-corrected chi connectivity index (χ1v) is 7.53. The van der Waals surface area contributed by atoms with E-state index in [1.165, 1.54) is 0 Å². The molecule has 3 N–H and O–H groups in total. The molecule has 0 spiro atoms. The van der Waals surface area contributed by atoms with E-state index in [0.717, 1.165) is 0 Å². The first kappa shape index (κ1) is 20.5. The lowest BCUT2D eigenvalue weighted by Crippen LogP contribution is -2.39. The van der Waals surface area contributed by atoms with Crippen molar-refractivity contribution in [3.63, 3.8) is 0 Å². The van der Waals surface area contributed by atoms with E-state index >= 15 is 0 Å². The van der Waals surface area contributed by atoms with Gasteiger partial charge in [0.1, 0.15) is 17.4 Å². The predicted molar refractivity (Wildman–Crippen MR) is 83.5 cm³/mol. The Morgan fingerprint density at radius 2 is 1.45 bits per heavy atom. The molecule has 2 amide bonds. The molecular formula is C15H30N2O5. The first-order valence-electron chi connectivity index (χ1n) is 7.53. The van der Waals surface area contributed by atoms with Gasteiger partial charge in [-0.25, -0.2) is 9.59 Å². The number of nitrogens with one attached hydrogen (secondary N) is 2. The number of rotatable bonds is 6. The van der Waals surface area contributed by atoms with E-state index in [0.29, 0.717) is 25.8 Å². The van der Waals surface area contributed by atoms with Crippen LogP contribution in [0, 0.1) is 0 Å². The van der Waals surface area contributed by atoms with Crippen LogP contribution in [0.3, 0.4) is 0 Å². The normalized spacial score (nSPS) is 13.2. The zero-order valence-corrected chi connectivity index (χ0v) is 14.5. The fraction of sp³-hybridized carbons (Fsp3) is 0.867. The van der Waals surface area contributed by atoms with Crippen molar-refractivity contribution in [1.82, 2.24) is 10.6 Å². The minimum Gasteiger partial charge on any atom is -0.444 e. The third kappa shape index (κ3) is 13.5. The van der Waals surface area contributed by atoms with E-state index in [1.54, 1.807) is 41.5 Å². The Kier molecular flexibility index (Phi) is 8.22. The van der Waals surface area contributed by atoms with Crippen molar-refractivity contribution >= 4 is 12.2 Å². The van der Waals surface area contributed by atoms with E-state index < -0.39 is 29.6 Å². The number of unbranched alkanes of at least 4 members (excludes halogenated alkanes) is 1. The molecule has 0 aromatic carbocycles. The van der Waals surface area contributed by atoms with Crippen LogP contribution in [0.1, 0.15) is 60.8 Å². The number of carbonyl (C=O) groups is 2. The lowest BCUT2D eigenvalue weighted by molar-refractivity contribution is 0.0341. The van der Waals surface area contributed by atoms with E-state index in [-0.39, 0.29) is 0 Å². The second kappa shape index (κ2) is 8.82. The largest absolute Gasteiger partial charge is 0.444 e. The molecule has 0 fully saturated rings. The summed E-state index contributed by atoms with van der Waals surface area (Å²) in [6, 6.07) is 0. The Bertz CT molecular complexity index is 358. The molecule has 0 saturated carbocycles. The van der Waals surface area contributed by atoms with Gasteiger partial charge in [-0.15, -0.1) is 0 Å². The molecule has 0 aliphatic rings. The topological polar surface area (TPSA) is 96.9 Å². The lowest BCUT2D eigenvalue weighted by atomic mass is 10.2. The quantitative estimate of drug-likeness (QED) is 0.516. The van der Waals surface area contributed by atoms with Gasteiger partial charge in [0.15, 0.2) is 0 Å². The van der Waals surface area contributed by atoms with Crippen molar-refractivity contribution in [3.8, 4) is 0 Å². The molecule has 1 atom stereocenters. The summed E-state index contributed by atoms with van der Waals surface area (Å²) in [4.78, 5) is 22.8. The molecule has 0 saturated heterocycles. The highest BCUT2D eigenvalue weighted by Crippen LogP contribution is 2.08. The van der Waals surface area contributed by atoms with Gasteiger partial charge in [0.05, 0.1) is 0 Å². The molecule has 0 aliphatic carbocycles. The van der Waals surface area contributed by atoms with Crippen molar-refractivity contribution in [3.05, 3.63) is 0 Å². The maximum Gasteiger partial charge on any atom is 0.409 e. The molecule has 0 heterocycles. The average Bonchev–Trinajstić information content (AvgIpc) is 2.22. The number of ether oxygens (including phenoxy) is 2. The molecule has 1 unspecified atom stereocenters. The Morgan fingerprint density at radius 3 is 1.95 bits per heavy atom. The van der Waals surface area contributed by atoms with Gasteiger partial charge in [0.25, 0.3) is 0 Å². The molecule has 0 radical (unpaired) electrons. The van der Waals surface area contributed by atoms with Crippen LogP contribution in [0.25, 0.3) is 0 Å². The molecule has 22 heavy (non-hydrogen) atoms. The summed E-state index contributed by atoms with van der Waals surface area (Å²) >= 11 is 0. The smallest absolute Gasteiger partial charge is 0.409 e. The van der Waals surface area contributed by atoms with Crippen LogP contribution in [0.4, 0.5) is 9.59 Å². The highest BCUT2D eigenvalue weighted by molar-refractivity contribution is 5.68. The molecule has 7 nitrogen and oxygen atoms in total. The summed E-state index contributed by atoms with van der Waals surface area (Å²) in [5.74, 6) is 0. The summed E-state index contributed by atoms with van der Waals surface area (Å²) in [7, 11) is 0. The van der Waals surface area contributed by atoms with Crippen LogP contribution >= 0.6 is 0 Å². The van der Waals surface area contributed by atoms with Crippen LogP contribution in [0.5, 0.6) is 0 Å². The van der Waals surface area contributed by atoms with Gasteiger partial charge >= 0.3 is 12.2 Å². The second-order valence-electron chi connectivity index (χ2n) is 7.09. The van der Waals surface area contributed by atoms with Crippen LogP contribution in [-0.2, 0) is 9.47 Å². The summed E-state index contributed by atoms with van der Waals surface area (Å²) in [5.41, 5.74) is -1.11. The zero-order chi connectivity index (χ0) is 17.4. The molecular weight excluding hydrogens is 288 g/mol. The van der Waals surface area contributed by atoms with E-state index in [4.69, 9.17) is 9.47 Å². The van der Waals surface area contributed by atoms with Gasteiger partial charge in [-0.05, 0) is 60.8 Å². The number of hydrogen-bond acceptors (Lipinski definition) is 5. The van der Waals surface area contributed by atoms with Crippen LogP contribution < -0.4 is 10.6 Å². The third-order valence-corrected chi connectivity index (χ3v) is 2.26. The molecule has 0 aromatic heterocycles. The molecule has 0 aromatic rings. The summed E-state index contributed by atoms with van der Waals surface area (Å²) in [6.07, 6.45) is -0.364. The fourth-order valence-corrected chi connectivity index (χ4v) is 1.48. The minimum atomic E-state index is -0.962. The predicted octanol–water partition coefficient (Wildman–Crippen LogP) is 2.52. The molecule has 0 rings (SSSR count). The number of amides is 2. The van der Waals surface area contributed by atoms with Crippen molar-refractivity contribution < 1.29 is 24.2 Å². The average molecular weight is 318 g/mol. The first-order chi connectivity index (χ1) is 9.89. The third-order valence-electron chi connectivity index (χ3n) is 2.26. The van der Waals surface area contributed by atoms with E-state index in [2.05, 4.69) is 10.6 Å². The summed E-state index contributed by atoms with van der Waals surface area (Å²) in [6.45, 7) is 11.1. The monoisotopic (exact) mass is 318 g/mol. The fourth-order valence-electron chi connectivity index (χ4n) is 1.48. The van der Waals surface area contributed by atoms with E-state index in [1.807, 2.05) is 0 Å². The molecule has 0 bridgehead atoms. The van der Waals surface area contributed by atoms with Crippen molar-refractivity contribution in [2.75, 3.05) is 6.54 Å². The van der Waals surface area contributed by atoms with Gasteiger partial charge in [-0.3, -0.25) is 5.32 Å². The molecule has 0 aliphatic heterocycles. The van der Waals surface area contributed by atoms with Crippen LogP contribution in [0.2, 0.25) is 0 Å². The van der Waals surface area contributed by atoms with Gasteiger partial charge in [0.2, 0.25) is 0 Å². The number of aliphatic hydroxyl groups is 1. The summed E-state index contributed by atoms with van der Waals surface area (Å²) < 4.78 is 10.1. The second-order valence-corrected chi connectivity index (χ2v) is 7.09. The molecule has 130 valence electrons. The van der Waals surface area contributed by atoms with Crippen molar-refractivity contribution in [2.45, 2.75) is 78.2 Å². The highest BCUT2D eigenvalue weighted by atomic mass is 16.6. The van der Waals surface area contributed by atoms with Crippen LogP contribution in [0.15, 0.2) is 0 Å². The lowest BCUT2D eigenvalue weighted by Gasteiger charge is -2.21. The number of aliphatic hydroxyl groups excluding tert-OH is 1. The standard InChI is InChI=1S/C15H30N2O5/c1-14(2,3)21-12(19)16-10-8-7-9-11(18)17-13(20)22-15(4,5)6/h11,18H,7-10H2,1-6H3,(H,16,19)(H,17,20). The van der Waals surface area contributed by atoms with Crippen LogP contribution in [-0.4, -0.2) is 41.3 Å². The van der Waals surface area contributed by atoms with Gasteiger partial charge in [-0.2, -0.15) is 0 Å². The van der Waals surface area contributed by atoms with Crippen molar-refractivity contribution in [2.24, 2.45) is 0 Å². The van der Waals surface area contributed by atoms with Crippen molar-refractivity contribution in [1.29, 1.82) is 0 Å². The number of hydrogen-bond donors (Lipinski definition) is 3. The number of carbonyl (C=O) groups excluding carboxylic acids is 2. The van der Waals surface area contributed by atoms with E-state index in [9.17, 15) is 14.7 Å². The summed E-state index contributed by atoms with van der Waals surface area (Å²) in [5, 5.41) is 14.6. The Labute approximate surface area is 132 Å².